The smallest absolute Gasteiger partial charge is 0.348 e. The van der Waals surface area contributed by atoms with Crippen LogP contribution in [-0.2, 0) is 9.53 Å². The van der Waals surface area contributed by atoms with Crippen LogP contribution >= 0.6 is 0 Å². The van der Waals surface area contributed by atoms with Crippen molar-refractivity contribution in [2.45, 2.75) is 13.8 Å². The lowest BCUT2D eigenvalue weighted by Crippen LogP contribution is -2.10. The molecule has 0 aliphatic heterocycles. The maximum atomic E-state index is 12.5. The number of benzene rings is 2. The third kappa shape index (κ3) is 5.84. The Bertz CT molecular complexity index is 958. The zero-order valence-electron chi connectivity index (χ0n) is 16.4. The predicted molar refractivity (Wildman–Crippen MR) is 106 cm³/mol. The van der Waals surface area contributed by atoms with Crippen LogP contribution in [0.25, 0.3) is 6.08 Å². The van der Waals surface area contributed by atoms with Gasteiger partial charge in [-0.2, -0.15) is 5.26 Å². The third-order valence-corrected chi connectivity index (χ3v) is 3.70. The van der Waals surface area contributed by atoms with Crippen LogP contribution in [0.5, 0.6) is 17.2 Å². The minimum atomic E-state index is -0.707. The van der Waals surface area contributed by atoms with E-state index in [0.717, 1.165) is 0 Å². The van der Waals surface area contributed by atoms with Crippen LogP contribution in [0.1, 0.15) is 29.8 Å². The van der Waals surface area contributed by atoms with E-state index in [1.165, 1.54) is 19.3 Å². The lowest BCUT2D eigenvalue weighted by atomic mass is 10.1. The monoisotopic (exact) mass is 395 g/mol. The molecular weight excluding hydrogens is 374 g/mol. The highest BCUT2D eigenvalue weighted by atomic mass is 16.6. The summed E-state index contributed by atoms with van der Waals surface area (Å²) < 4.78 is 21.0. The van der Waals surface area contributed by atoms with Crippen molar-refractivity contribution in [2.75, 3.05) is 20.3 Å². The first kappa shape index (κ1) is 21.5. The molecule has 0 aliphatic rings. The molecule has 150 valence electrons. The zero-order valence-corrected chi connectivity index (χ0v) is 16.4. The van der Waals surface area contributed by atoms with E-state index in [1.807, 2.05) is 6.07 Å². The molecule has 0 saturated carbocycles. The lowest BCUT2D eigenvalue weighted by Gasteiger charge is -2.12. The summed E-state index contributed by atoms with van der Waals surface area (Å²) >= 11 is 0. The minimum absolute atomic E-state index is 0.143. The molecule has 7 heteroatoms. The number of ether oxygens (including phenoxy) is 4. The van der Waals surface area contributed by atoms with Crippen LogP contribution in [0.2, 0.25) is 0 Å². The SMILES string of the molecule is CCOC(=O)/C(C#N)=C/c1ccc(OC(=O)c2cccc(OC)c2)c(OCC)c1. The van der Waals surface area contributed by atoms with Gasteiger partial charge in [-0.05, 0) is 55.8 Å². The van der Waals surface area contributed by atoms with Gasteiger partial charge >= 0.3 is 11.9 Å². The molecule has 0 bridgehead atoms. The average molecular weight is 395 g/mol. The van der Waals surface area contributed by atoms with Crippen LogP contribution in [0.15, 0.2) is 48.0 Å². The Morgan fingerprint density at radius 2 is 1.86 bits per heavy atom. The first-order valence-electron chi connectivity index (χ1n) is 8.94. The van der Waals surface area contributed by atoms with E-state index in [1.54, 1.807) is 50.2 Å². The molecule has 0 aromatic heterocycles. The van der Waals surface area contributed by atoms with Gasteiger partial charge in [0.1, 0.15) is 17.4 Å². The van der Waals surface area contributed by atoms with Gasteiger partial charge in [0.05, 0.1) is 25.9 Å². The van der Waals surface area contributed by atoms with E-state index in [9.17, 15) is 9.59 Å². The molecule has 0 aliphatic carbocycles. The molecule has 29 heavy (non-hydrogen) atoms. The summed E-state index contributed by atoms with van der Waals surface area (Å²) in [7, 11) is 1.51. The van der Waals surface area contributed by atoms with Gasteiger partial charge in [-0.25, -0.2) is 9.59 Å². The van der Waals surface area contributed by atoms with Gasteiger partial charge in [0.2, 0.25) is 0 Å². The second-order valence-corrected chi connectivity index (χ2v) is 5.65. The minimum Gasteiger partial charge on any atom is -0.497 e. The molecule has 2 aromatic carbocycles. The number of methoxy groups -OCH3 is 1. The van der Waals surface area contributed by atoms with Gasteiger partial charge < -0.3 is 18.9 Å². The summed E-state index contributed by atoms with van der Waals surface area (Å²) in [6, 6.07) is 13.1. The summed E-state index contributed by atoms with van der Waals surface area (Å²) in [5.41, 5.74) is 0.708. The predicted octanol–water partition coefficient (Wildman–Crippen LogP) is 3.78. The van der Waals surface area contributed by atoms with Gasteiger partial charge in [-0.15, -0.1) is 0 Å². The van der Waals surface area contributed by atoms with E-state index < -0.39 is 11.9 Å². The van der Waals surface area contributed by atoms with Gasteiger partial charge in [-0.3, -0.25) is 0 Å². The maximum absolute atomic E-state index is 12.5. The number of carbonyl (C=O) groups is 2. The molecule has 0 atom stereocenters. The van der Waals surface area contributed by atoms with E-state index in [-0.39, 0.29) is 17.9 Å². The maximum Gasteiger partial charge on any atom is 0.348 e. The largest absolute Gasteiger partial charge is 0.497 e. The van der Waals surface area contributed by atoms with Crippen LogP contribution in [0.4, 0.5) is 0 Å². The summed E-state index contributed by atoms with van der Waals surface area (Å²) in [4.78, 5) is 24.2. The molecule has 0 fully saturated rings. The standard InChI is InChI=1S/C22H21NO6/c1-4-27-20-12-15(11-17(14-23)21(24)28-5-2)9-10-19(20)29-22(25)16-7-6-8-18(13-16)26-3/h6-13H,4-5H2,1-3H3/b17-11+. The number of rotatable bonds is 8. The van der Waals surface area contributed by atoms with Crippen molar-refractivity contribution < 1.29 is 28.5 Å². The lowest BCUT2D eigenvalue weighted by molar-refractivity contribution is -0.137. The van der Waals surface area contributed by atoms with Crippen LogP contribution < -0.4 is 14.2 Å². The fourth-order valence-electron chi connectivity index (χ4n) is 2.39. The number of hydrogen-bond donors (Lipinski definition) is 0. The van der Waals surface area contributed by atoms with E-state index in [4.69, 9.17) is 24.2 Å². The average Bonchev–Trinajstić information content (AvgIpc) is 2.74. The third-order valence-electron chi connectivity index (χ3n) is 3.70. The first-order chi connectivity index (χ1) is 14.0. The highest BCUT2D eigenvalue weighted by molar-refractivity contribution is 5.98. The van der Waals surface area contributed by atoms with Crippen molar-refractivity contribution in [3.8, 4) is 23.3 Å². The van der Waals surface area contributed by atoms with Crippen molar-refractivity contribution in [2.24, 2.45) is 0 Å². The Morgan fingerprint density at radius 1 is 1.07 bits per heavy atom. The van der Waals surface area contributed by atoms with E-state index in [0.29, 0.717) is 29.2 Å². The highest BCUT2D eigenvalue weighted by Crippen LogP contribution is 2.30. The first-order valence-corrected chi connectivity index (χ1v) is 8.94. The number of hydrogen-bond acceptors (Lipinski definition) is 7. The Morgan fingerprint density at radius 3 is 2.52 bits per heavy atom. The molecule has 0 heterocycles. The van der Waals surface area contributed by atoms with Crippen molar-refractivity contribution >= 4 is 18.0 Å². The van der Waals surface area contributed by atoms with Gasteiger partial charge in [0.15, 0.2) is 11.5 Å². The molecular formula is C22H21NO6. The fourth-order valence-corrected chi connectivity index (χ4v) is 2.39. The molecule has 0 unspecified atom stereocenters. The molecule has 2 rings (SSSR count). The molecule has 7 nitrogen and oxygen atoms in total. The summed E-state index contributed by atoms with van der Waals surface area (Å²) in [6.45, 7) is 3.95. The summed E-state index contributed by atoms with van der Waals surface area (Å²) in [5, 5.41) is 9.17. The highest BCUT2D eigenvalue weighted by Gasteiger charge is 2.15. The number of esters is 2. The number of nitriles is 1. The Balaban J connectivity index is 2.30. The van der Waals surface area contributed by atoms with Crippen LogP contribution in [-0.4, -0.2) is 32.3 Å². The molecule has 2 aromatic rings. The quantitative estimate of drug-likeness (QED) is 0.290. The Labute approximate surface area is 169 Å². The van der Waals surface area contributed by atoms with E-state index >= 15 is 0 Å². The molecule has 0 amide bonds. The van der Waals surface area contributed by atoms with Crippen molar-refractivity contribution in [3.63, 3.8) is 0 Å². The van der Waals surface area contributed by atoms with Gasteiger partial charge in [0, 0.05) is 0 Å². The normalized spacial score (nSPS) is 10.6. The fraction of sp³-hybridized carbons (Fsp3) is 0.227. The molecule has 0 saturated heterocycles. The molecule has 0 radical (unpaired) electrons. The second kappa shape index (κ2) is 10.5. The van der Waals surface area contributed by atoms with E-state index in [2.05, 4.69) is 0 Å². The van der Waals surface area contributed by atoms with Crippen LogP contribution in [0.3, 0.4) is 0 Å². The van der Waals surface area contributed by atoms with Crippen molar-refractivity contribution in [1.29, 1.82) is 5.26 Å². The Hall–Kier alpha value is -3.79. The molecule has 0 spiro atoms. The van der Waals surface area contributed by atoms with Gasteiger partial charge in [-0.1, -0.05) is 12.1 Å². The topological polar surface area (TPSA) is 94.9 Å². The zero-order chi connectivity index (χ0) is 21.2. The van der Waals surface area contributed by atoms with Gasteiger partial charge in [0.25, 0.3) is 0 Å². The Kier molecular flexibility index (Phi) is 7.80. The molecule has 0 N–H and O–H groups in total. The second-order valence-electron chi connectivity index (χ2n) is 5.65. The number of nitrogens with zero attached hydrogens (tertiary/aromatic N) is 1. The summed E-state index contributed by atoms with van der Waals surface area (Å²) in [6.07, 6.45) is 1.38. The van der Waals surface area contributed by atoms with Crippen molar-refractivity contribution in [1.82, 2.24) is 0 Å². The van der Waals surface area contributed by atoms with Crippen LogP contribution in [0, 0.1) is 11.3 Å². The summed E-state index contributed by atoms with van der Waals surface area (Å²) in [5.74, 6) is -0.225. The number of carbonyl (C=O) groups excluding carboxylic acids is 2. The van der Waals surface area contributed by atoms with Crippen molar-refractivity contribution in [3.05, 3.63) is 59.2 Å².